The zero-order valence-corrected chi connectivity index (χ0v) is 12.3. The van der Waals surface area contributed by atoms with Crippen LogP contribution in [0.25, 0.3) is 0 Å². The number of rotatable bonds is 3. The topological polar surface area (TPSA) is 75.7 Å². The Morgan fingerprint density at radius 3 is 2.63 bits per heavy atom. The van der Waals surface area contributed by atoms with Gasteiger partial charge in [-0.2, -0.15) is 0 Å². The molecule has 1 saturated heterocycles. The van der Waals surface area contributed by atoms with Gasteiger partial charge in [0.05, 0.1) is 17.1 Å². The van der Waals surface area contributed by atoms with Crippen LogP contribution in [0.4, 0.5) is 4.79 Å². The summed E-state index contributed by atoms with van der Waals surface area (Å²) in [5.74, 6) is 0.107. The molecule has 1 unspecified atom stereocenters. The highest BCUT2D eigenvalue weighted by Gasteiger charge is 2.38. The number of methoxy groups -OCH3 is 1. The maximum atomic E-state index is 12.1. The lowest BCUT2D eigenvalue weighted by atomic mass is 9.80. The summed E-state index contributed by atoms with van der Waals surface area (Å²) >= 11 is 0. The van der Waals surface area contributed by atoms with Gasteiger partial charge in [0.15, 0.2) is 9.84 Å². The second-order valence-corrected chi connectivity index (χ2v) is 7.78. The van der Waals surface area contributed by atoms with E-state index in [1.807, 2.05) is 0 Å². The molecule has 110 valence electrons. The summed E-state index contributed by atoms with van der Waals surface area (Å²) in [6.45, 7) is 2.54. The minimum Gasteiger partial charge on any atom is -0.376 e. The Kier molecular flexibility index (Phi) is 4.06. The quantitative estimate of drug-likeness (QED) is 0.815. The first-order valence-electron chi connectivity index (χ1n) is 6.68. The largest absolute Gasteiger partial charge is 0.376 e. The van der Waals surface area contributed by atoms with E-state index in [-0.39, 0.29) is 35.7 Å². The summed E-state index contributed by atoms with van der Waals surface area (Å²) in [6.07, 6.45) is 3.06. The molecule has 1 saturated carbocycles. The Morgan fingerprint density at radius 2 is 2.16 bits per heavy atom. The number of carbonyl (C=O) groups is 1. The van der Waals surface area contributed by atoms with E-state index in [4.69, 9.17) is 4.74 Å². The van der Waals surface area contributed by atoms with Gasteiger partial charge in [-0.15, -0.1) is 0 Å². The van der Waals surface area contributed by atoms with Crippen LogP contribution < -0.4 is 5.32 Å². The van der Waals surface area contributed by atoms with Gasteiger partial charge in [-0.1, -0.05) is 0 Å². The molecule has 0 aromatic heterocycles. The first-order valence-corrected chi connectivity index (χ1v) is 8.50. The van der Waals surface area contributed by atoms with Gasteiger partial charge in [0.2, 0.25) is 0 Å². The number of hydrogen-bond acceptors (Lipinski definition) is 4. The predicted molar refractivity (Wildman–Crippen MR) is 71.8 cm³/mol. The van der Waals surface area contributed by atoms with Gasteiger partial charge in [0.25, 0.3) is 0 Å². The number of urea groups is 1. The molecular weight excluding hydrogens is 268 g/mol. The second kappa shape index (κ2) is 5.28. The Bertz CT molecular complexity index is 439. The number of carbonyl (C=O) groups excluding carboxylic acids is 1. The van der Waals surface area contributed by atoms with Crippen LogP contribution >= 0.6 is 0 Å². The van der Waals surface area contributed by atoms with E-state index in [1.165, 1.54) is 0 Å². The smallest absolute Gasteiger partial charge is 0.317 e. The van der Waals surface area contributed by atoms with Crippen molar-refractivity contribution in [3.8, 4) is 0 Å². The van der Waals surface area contributed by atoms with Crippen molar-refractivity contribution in [2.75, 3.05) is 31.7 Å². The van der Waals surface area contributed by atoms with Crippen molar-refractivity contribution in [2.45, 2.75) is 37.8 Å². The van der Waals surface area contributed by atoms with Gasteiger partial charge in [-0.05, 0) is 26.2 Å². The van der Waals surface area contributed by atoms with Crippen molar-refractivity contribution >= 4 is 15.9 Å². The first kappa shape index (κ1) is 14.6. The van der Waals surface area contributed by atoms with Crippen molar-refractivity contribution in [1.82, 2.24) is 10.2 Å². The monoisotopic (exact) mass is 290 g/mol. The van der Waals surface area contributed by atoms with Gasteiger partial charge in [0, 0.05) is 26.2 Å². The molecule has 1 atom stereocenters. The van der Waals surface area contributed by atoms with Gasteiger partial charge >= 0.3 is 6.03 Å². The molecule has 19 heavy (non-hydrogen) atoms. The van der Waals surface area contributed by atoms with Crippen molar-refractivity contribution in [1.29, 1.82) is 0 Å². The first-order chi connectivity index (χ1) is 8.87. The zero-order valence-electron chi connectivity index (χ0n) is 11.5. The summed E-state index contributed by atoms with van der Waals surface area (Å²) in [7, 11) is -1.32. The predicted octanol–water partition coefficient (Wildman–Crippen LogP) is 0.384. The number of amides is 2. The van der Waals surface area contributed by atoms with Gasteiger partial charge in [-0.25, -0.2) is 13.2 Å². The molecule has 0 spiro atoms. The molecule has 0 aromatic carbocycles. The van der Waals surface area contributed by atoms with E-state index >= 15 is 0 Å². The van der Waals surface area contributed by atoms with E-state index < -0.39 is 9.84 Å². The molecule has 7 heteroatoms. The molecule has 0 aromatic rings. The van der Waals surface area contributed by atoms with Crippen molar-refractivity contribution in [2.24, 2.45) is 0 Å². The minimum absolute atomic E-state index is 0.0514. The highest BCUT2D eigenvalue weighted by Crippen LogP contribution is 2.34. The fourth-order valence-electron chi connectivity index (χ4n) is 2.66. The van der Waals surface area contributed by atoms with Gasteiger partial charge < -0.3 is 15.0 Å². The Morgan fingerprint density at radius 1 is 1.47 bits per heavy atom. The summed E-state index contributed by atoms with van der Waals surface area (Å²) < 4.78 is 28.4. The molecule has 0 bridgehead atoms. The lowest BCUT2D eigenvalue weighted by molar-refractivity contribution is -0.0679. The molecule has 1 heterocycles. The second-order valence-electron chi connectivity index (χ2n) is 5.56. The maximum Gasteiger partial charge on any atom is 0.317 e. The fraction of sp³-hybridized carbons (Fsp3) is 0.917. The number of hydrogen-bond donors (Lipinski definition) is 1. The minimum atomic E-state index is -2.99. The van der Waals surface area contributed by atoms with Crippen LogP contribution in [-0.2, 0) is 14.6 Å². The maximum absolute atomic E-state index is 12.1. The third-order valence-corrected chi connectivity index (χ3v) is 5.99. The SMILES string of the molecule is COC1(CNC(=O)N2CCS(=O)(=O)CC2C)CCC1. The average Bonchev–Trinajstić information content (AvgIpc) is 2.26. The van der Waals surface area contributed by atoms with Crippen LogP contribution in [0.1, 0.15) is 26.2 Å². The normalized spacial score (nSPS) is 28.5. The molecule has 0 radical (unpaired) electrons. The number of nitrogens with zero attached hydrogens (tertiary/aromatic N) is 1. The lowest BCUT2D eigenvalue weighted by Gasteiger charge is -2.41. The molecule has 1 aliphatic heterocycles. The van der Waals surface area contributed by atoms with E-state index in [1.54, 1.807) is 18.9 Å². The molecule has 1 N–H and O–H groups in total. The van der Waals surface area contributed by atoms with E-state index in [2.05, 4.69) is 5.32 Å². The highest BCUT2D eigenvalue weighted by atomic mass is 32.2. The van der Waals surface area contributed by atoms with Crippen molar-refractivity contribution in [3.63, 3.8) is 0 Å². The van der Waals surface area contributed by atoms with Crippen LogP contribution in [0.5, 0.6) is 0 Å². The van der Waals surface area contributed by atoms with Crippen LogP contribution in [0.2, 0.25) is 0 Å². The Labute approximate surface area is 114 Å². The lowest BCUT2D eigenvalue weighted by Crippen LogP contribution is -2.56. The Balaban J connectivity index is 1.87. The summed E-state index contributed by atoms with van der Waals surface area (Å²) in [6, 6.07) is -0.454. The summed E-state index contributed by atoms with van der Waals surface area (Å²) in [5.41, 5.74) is -0.208. The van der Waals surface area contributed by atoms with Gasteiger partial charge in [-0.3, -0.25) is 0 Å². The number of ether oxygens (including phenoxy) is 1. The standard InChI is InChI=1S/C12H22N2O4S/c1-10-8-19(16,17)7-6-14(10)11(15)13-9-12(18-2)4-3-5-12/h10H,3-9H2,1-2H3,(H,13,15). The van der Waals surface area contributed by atoms with Crippen LogP contribution in [-0.4, -0.2) is 62.7 Å². The molecule has 2 amide bonds. The molecule has 2 aliphatic rings. The highest BCUT2D eigenvalue weighted by molar-refractivity contribution is 7.91. The van der Waals surface area contributed by atoms with Crippen molar-refractivity contribution in [3.05, 3.63) is 0 Å². The third kappa shape index (κ3) is 3.20. The zero-order chi connectivity index (χ0) is 14.1. The molecule has 2 rings (SSSR count). The summed E-state index contributed by atoms with van der Waals surface area (Å²) in [5, 5.41) is 2.87. The average molecular weight is 290 g/mol. The summed E-state index contributed by atoms with van der Waals surface area (Å²) in [4.78, 5) is 13.7. The van der Waals surface area contributed by atoms with Crippen LogP contribution in [0.15, 0.2) is 0 Å². The Hall–Kier alpha value is -0.820. The molecule has 6 nitrogen and oxygen atoms in total. The van der Waals surface area contributed by atoms with E-state index in [0.717, 1.165) is 19.3 Å². The van der Waals surface area contributed by atoms with Crippen molar-refractivity contribution < 1.29 is 17.9 Å². The fourth-order valence-corrected chi connectivity index (χ4v) is 4.22. The third-order valence-electron chi connectivity index (χ3n) is 4.19. The van der Waals surface area contributed by atoms with E-state index in [0.29, 0.717) is 6.54 Å². The van der Waals surface area contributed by atoms with Crippen LogP contribution in [0.3, 0.4) is 0 Å². The molecule has 2 fully saturated rings. The molecule has 1 aliphatic carbocycles. The number of sulfone groups is 1. The van der Waals surface area contributed by atoms with Crippen LogP contribution in [0, 0.1) is 0 Å². The molecular formula is C12H22N2O4S. The van der Waals surface area contributed by atoms with E-state index in [9.17, 15) is 13.2 Å². The van der Waals surface area contributed by atoms with Gasteiger partial charge in [0.1, 0.15) is 0 Å². The number of nitrogens with one attached hydrogen (secondary N) is 1.